The average Bonchev–Trinajstić information content (AvgIpc) is 3.09. The van der Waals surface area contributed by atoms with E-state index in [1.165, 1.54) is 32.6 Å². The third-order valence-electron chi connectivity index (χ3n) is 4.30. The monoisotopic (exact) mass is 329 g/mol. The molecular formula is C20H27NO3. The maximum atomic E-state index is 11.1. The molecule has 0 aliphatic heterocycles. The maximum Gasteiger partial charge on any atom is 0.308 e. The van der Waals surface area contributed by atoms with Crippen LogP contribution in [0.2, 0.25) is 0 Å². The Morgan fingerprint density at radius 2 is 2.04 bits per heavy atom. The molecule has 0 atom stereocenters. The van der Waals surface area contributed by atoms with E-state index in [1.807, 2.05) is 18.2 Å². The second kappa shape index (κ2) is 9.28. The van der Waals surface area contributed by atoms with Crippen LogP contribution >= 0.6 is 0 Å². The SMILES string of the molecule is C=CCN(CC=Cc1ccc(OC(C)=O)c(OC)c1)C1CCCC1. The summed E-state index contributed by atoms with van der Waals surface area (Å²) in [4.78, 5) is 13.6. The molecule has 0 spiro atoms. The first-order valence-corrected chi connectivity index (χ1v) is 8.52. The van der Waals surface area contributed by atoms with E-state index >= 15 is 0 Å². The van der Waals surface area contributed by atoms with E-state index in [4.69, 9.17) is 9.47 Å². The number of ether oxygens (including phenoxy) is 2. The smallest absolute Gasteiger partial charge is 0.308 e. The van der Waals surface area contributed by atoms with E-state index in [-0.39, 0.29) is 5.97 Å². The van der Waals surface area contributed by atoms with E-state index in [0.29, 0.717) is 17.5 Å². The summed E-state index contributed by atoms with van der Waals surface area (Å²) < 4.78 is 10.4. The number of methoxy groups -OCH3 is 1. The molecule has 1 aromatic rings. The molecule has 1 aliphatic rings. The minimum Gasteiger partial charge on any atom is -0.493 e. The van der Waals surface area contributed by atoms with Crippen molar-refractivity contribution in [3.05, 3.63) is 42.5 Å². The van der Waals surface area contributed by atoms with Crippen LogP contribution in [0.5, 0.6) is 11.5 Å². The van der Waals surface area contributed by atoms with Gasteiger partial charge < -0.3 is 9.47 Å². The standard InChI is InChI=1S/C20H27NO3/c1-4-13-21(18-9-5-6-10-18)14-7-8-17-11-12-19(24-16(2)22)20(15-17)23-3/h4,7-8,11-12,15,18H,1,5-6,9-10,13-14H2,2-3H3. The molecule has 0 aromatic heterocycles. The van der Waals surface area contributed by atoms with Crippen LogP contribution in [-0.4, -0.2) is 37.1 Å². The molecule has 0 bridgehead atoms. The number of benzene rings is 1. The van der Waals surface area contributed by atoms with E-state index in [1.54, 1.807) is 13.2 Å². The summed E-state index contributed by atoms with van der Waals surface area (Å²) in [7, 11) is 1.57. The molecule has 1 fully saturated rings. The minimum atomic E-state index is -0.353. The predicted octanol–water partition coefficient (Wildman–Crippen LogP) is 4.06. The molecule has 1 aliphatic carbocycles. The Hall–Kier alpha value is -2.07. The highest BCUT2D eigenvalue weighted by Crippen LogP contribution is 2.29. The molecule has 4 heteroatoms. The number of rotatable bonds is 8. The highest BCUT2D eigenvalue weighted by molar-refractivity contribution is 5.71. The fourth-order valence-electron chi connectivity index (χ4n) is 3.16. The van der Waals surface area contributed by atoms with Crippen molar-refractivity contribution in [2.45, 2.75) is 38.6 Å². The van der Waals surface area contributed by atoms with Gasteiger partial charge in [-0.05, 0) is 30.5 Å². The van der Waals surface area contributed by atoms with Crippen LogP contribution in [0.15, 0.2) is 36.9 Å². The molecule has 0 saturated heterocycles. The highest BCUT2D eigenvalue weighted by Gasteiger charge is 2.20. The van der Waals surface area contributed by atoms with Gasteiger partial charge in [0.25, 0.3) is 0 Å². The first-order valence-electron chi connectivity index (χ1n) is 8.52. The van der Waals surface area contributed by atoms with Gasteiger partial charge in [0, 0.05) is 26.1 Å². The van der Waals surface area contributed by atoms with Gasteiger partial charge in [0.15, 0.2) is 11.5 Å². The molecule has 130 valence electrons. The van der Waals surface area contributed by atoms with E-state index in [9.17, 15) is 4.79 Å². The van der Waals surface area contributed by atoms with Crippen molar-refractivity contribution >= 4 is 12.0 Å². The summed E-state index contributed by atoms with van der Waals surface area (Å²) >= 11 is 0. The molecule has 2 rings (SSSR count). The Morgan fingerprint density at radius 3 is 2.67 bits per heavy atom. The number of carbonyl (C=O) groups is 1. The largest absolute Gasteiger partial charge is 0.493 e. The number of carbonyl (C=O) groups excluding carboxylic acids is 1. The van der Waals surface area contributed by atoms with Gasteiger partial charge in [-0.25, -0.2) is 0 Å². The van der Waals surface area contributed by atoms with Crippen LogP contribution in [0.25, 0.3) is 6.08 Å². The Bertz CT molecular complexity index is 589. The molecule has 0 unspecified atom stereocenters. The molecule has 24 heavy (non-hydrogen) atoms. The number of hydrogen-bond acceptors (Lipinski definition) is 4. The van der Waals surface area contributed by atoms with E-state index in [2.05, 4.69) is 23.6 Å². The van der Waals surface area contributed by atoms with Gasteiger partial charge in [-0.1, -0.05) is 37.1 Å². The van der Waals surface area contributed by atoms with Crippen molar-refractivity contribution in [3.8, 4) is 11.5 Å². The van der Waals surface area contributed by atoms with Gasteiger partial charge in [0.2, 0.25) is 0 Å². The Balaban J connectivity index is 2.01. The van der Waals surface area contributed by atoms with Gasteiger partial charge in [-0.15, -0.1) is 6.58 Å². The zero-order valence-corrected chi connectivity index (χ0v) is 14.7. The third-order valence-corrected chi connectivity index (χ3v) is 4.30. The summed E-state index contributed by atoms with van der Waals surface area (Å²) in [6.07, 6.45) is 11.4. The summed E-state index contributed by atoms with van der Waals surface area (Å²) in [5, 5.41) is 0. The van der Waals surface area contributed by atoms with Crippen molar-refractivity contribution < 1.29 is 14.3 Å². The van der Waals surface area contributed by atoms with Crippen molar-refractivity contribution in [1.29, 1.82) is 0 Å². The van der Waals surface area contributed by atoms with Crippen molar-refractivity contribution in [1.82, 2.24) is 4.90 Å². The van der Waals surface area contributed by atoms with Gasteiger partial charge in [-0.2, -0.15) is 0 Å². The van der Waals surface area contributed by atoms with Crippen LogP contribution in [-0.2, 0) is 4.79 Å². The van der Waals surface area contributed by atoms with Gasteiger partial charge in [0.05, 0.1) is 7.11 Å². The van der Waals surface area contributed by atoms with Crippen LogP contribution < -0.4 is 9.47 Å². The lowest BCUT2D eigenvalue weighted by Gasteiger charge is -2.26. The molecule has 1 aromatic carbocycles. The van der Waals surface area contributed by atoms with Gasteiger partial charge >= 0.3 is 5.97 Å². The Morgan fingerprint density at radius 1 is 1.29 bits per heavy atom. The molecule has 0 N–H and O–H groups in total. The molecule has 4 nitrogen and oxygen atoms in total. The molecule has 0 radical (unpaired) electrons. The molecule has 0 amide bonds. The minimum absolute atomic E-state index is 0.353. The summed E-state index contributed by atoms with van der Waals surface area (Å²) in [6.45, 7) is 7.08. The number of esters is 1. The van der Waals surface area contributed by atoms with Crippen LogP contribution in [0.4, 0.5) is 0 Å². The topological polar surface area (TPSA) is 38.8 Å². The lowest BCUT2D eigenvalue weighted by molar-refractivity contribution is -0.132. The third kappa shape index (κ3) is 5.24. The van der Waals surface area contributed by atoms with Crippen molar-refractivity contribution in [2.75, 3.05) is 20.2 Å². The van der Waals surface area contributed by atoms with Crippen molar-refractivity contribution in [3.63, 3.8) is 0 Å². The zero-order chi connectivity index (χ0) is 17.4. The average molecular weight is 329 g/mol. The fourth-order valence-corrected chi connectivity index (χ4v) is 3.16. The lowest BCUT2D eigenvalue weighted by Crippen LogP contribution is -2.33. The summed E-state index contributed by atoms with van der Waals surface area (Å²) in [5.41, 5.74) is 1.02. The molecule has 0 heterocycles. The fraction of sp³-hybridized carbons (Fsp3) is 0.450. The quantitative estimate of drug-likeness (QED) is 0.409. The first-order chi connectivity index (χ1) is 11.6. The second-order valence-corrected chi connectivity index (χ2v) is 6.09. The maximum absolute atomic E-state index is 11.1. The lowest BCUT2D eigenvalue weighted by atomic mass is 10.1. The number of hydrogen-bond donors (Lipinski definition) is 0. The van der Waals surface area contributed by atoms with E-state index in [0.717, 1.165) is 18.7 Å². The molecule has 1 saturated carbocycles. The van der Waals surface area contributed by atoms with Crippen LogP contribution in [0, 0.1) is 0 Å². The predicted molar refractivity (Wildman–Crippen MR) is 97.4 cm³/mol. The normalized spacial score (nSPS) is 15.1. The van der Waals surface area contributed by atoms with E-state index < -0.39 is 0 Å². The summed E-state index contributed by atoms with van der Waals surface area (Å²) in [5.74, 6) is 0.653. The second-order valence-electron chi connectivity index (χ2n) is 6.09. The van der Waals surface area contributed by atoms with Crippen LogP contribution in [0.3, 0.4) is 0 Å². The zero-order valence-electron chi connectivity index (χ0n) is 14.7. The highest BCUT2D eigenvalue weighted by atomic mass is 16.6. The molecular weight excluding hydrogens is 302 g/mol. The van der Waals surface area contributed by atoms with Gasteiger partial charge in [0.1, 0.15) is 0 Å². The van der Waals surface area contributed by atoms with Crippen molar-refractivity contribution in [2.24, 2.45) is 0 Å². The van der Waals surface area contributed by atoms with Crippen LogP contribution in [0.1, 0.15) is 38.2 Å². The Labute approximate surface area is 144 Å². The number of nitrogens with zero attached hydrogens (tertiary/aromatic N) is 1. The Kier molecular flexibility index (Phi) is 7.07. The summed E-state index contributed by atoms with van der Waals surface area (Å²) in [6, 6.07) is 6.24. The van der Waals surface area contributed by atoms with Gasteiger partial charge in [-0.3, -0.25) is 9.69 Å². The first kappa shape index (κ1) is 18.3.